The van der Waals surface area contributed by atoms with E-state index in [2.05, 4.69) is 40.5 Å². The highest BCUT2D eigenvalue weighted by atomic mass is 16.5. The highest BCUT2D eigenvalue weighted by molar-refractivity contribution is 5.81. The van der Waals surface area contributed by atoms with Crippen molar-refractivity contribution in [3.8, 4) is 5.75 Å². The smallest absolute Gasteiger partial charge is 0.261 e. The Morgan fingerprint density at radius 2 is 1.81 bits per heavy atom. The maximum Gasteiger partial charge on any atom is 0.261 e. The van der Waals surface area contributed by atoms with Crippen molar-refractivity contribution < 1.29 is 14.3 Å². The van der Waals surface area contributed by atoms with Gasteiger partial charge < -0.3 is 14.8 Å². The largest absolute Gasteiger partial charge is 0.481 e. The number of amides is 1. The van der Waals surface area contributed by atoms with E-state index in [-0.39, 0.29) is 5.91 Å². The first-order chi connectivity index (χ1) is 15.2. The average molecular weight is 423 g/mol. The zero-order valence-electron chi connectivity index (χ0n) is 18.6. The molecule has 1 fully saturated rings. The standard InChI is InChI=1S/C26H34N2O3/c1-2-25(31-24-12-11-20-7-3-4-8-21(20)17-24)26(29)27-18-22-9-5-6-10-23(22)19-28-13-15-30-16-14-28/h5-6,9-12,17,25H,2-4,7-8,13-16,18-19H2,1H3,(H,27,29)/t25-/m0/s1. The summed E-state index contributed by atoms with van der Waals surface area (Å²) in [6, 6.07) is 14.6. The summed E-state index contributed by atoms with van der Waals surface area (Å²) >= 11 is 0. The van der Waals surface area contributed by atoms with Crippen molar-refractivity contribution in [1.82, 2.24) is 10.2 Å². The molecule has 0 spiro atoms. The van der Waals surface area contributed by atoms with E-state index in [1.54, 1.807) is 0 Å². The summed E-state index contributed by atoms with van der Waals surface area (Å²) < 4.78 is 11.5. The zero-order valence-corrected chi connectivity index (χ0v) is 18.6. The van der Waals surface area contributed by atoms with Crippen molar-refractivity contribution in [2.75, 3.05) is 26.3 Å². The van der Waals surface area contributed by atoms with Crippen LogP contribution in [0.1, 0.15) is 48.4 Å². The van der Waals surface area contributed by atoms with Crippen LogP contribution in [0.4, 0.5) is 0 Å². The molecule has 2 aromatic rings. The summed E-state index contributed by atoms with van der Waals surface area (Å²) in [5, 5.41) is 3.10. The normalized spacial score (nSPS) is 17.6. The third-order valence-corrected chi connectivity index (χ3v) is 6.33. The van der Waals surface area contributed by atoms with Gasteiger partial charge in [-0.05, 0) is 66.5 Å². The molecule has 4 rings (SSSR count). The second kappa shape index (κ2) is 10.8. The number of hydrogen-bond donors (Lipinski definition) is 1. The maximum absolute atomic E-state index is 12.9. The van der Waals surface area contributed by atoms with Crippen LogP contribution in [0.15, 0.2) is 42.5 Å². The van der Waals surface area contributed by atoms with Gasteiger partial charge >= 0.3 is 0 Å². The Hall–Kier alpha value is -2.37. The molecule has 1 atom stereocenters. The molecule has 1 aliphatic carbocycles. The summed E-state index contributed by atoms with van der Waals surface area (Å²) in [5.41, 5.74) is 5.21. The Bertz CT molecular complexity index is 877. The summed E-state index contributed by atoms with van der Waals surface area (Å²) in [4.78, 5) is 15.3. The third kappa shape index (κ3) is 5.86. The molecule has 1 N–H and O–H groups in total. The molecule has 0 unspecified atom stereocenters. The molecule has 5 heteroatoms. The predicted octanol–water partition coefficient (Wildman–Crippen LogP) is 3.87. The van der Waals surface area contributed by atoms with E-state index >= 15 is 0 Å². The number of nitrogens with one attached hydrogen (secondary N) is 1. The SMILES string of the molecule is CC[C@H](Oc1ccc2c(c1)CCCC2)C(=O)NCc1ccccc1CN1CCOCC1. The van der Waals surface area contributed by atoms with E-state index in [1.165, 1.54) is 29.5 Å². The molecule has 166 valence electrons. The predicted molar refractivity (Wildman–Crippen MR) is 122 cm³/mol. The molecule has 2 aliphatic rings. The van der Waals surface area contributed by atoms with Gasteiger partial charge in [0.05, 0.1) is 13.2 Å². The topological polar surface area (TPSA) is 50.8 Å². The molecule has 0 aromatic heterocycles. The van der Waals surface area contributed by atoms with Crippen LogP contribution in [-0.4, -0.2) is 43.2 Å². The van der Waals surface area contributed by atoms with E-state index in [0.29, 0.717) is 13.0 Å². The van der Waals surface area contributed by atoms with Crippen LogP contribution in [0, 0.1) is 0 Å². The summed E-state index contributed by atoms with van der Waals surface area (Å²) in [7, 11) is 0. The Morgan fingerprint density at radius 1 is 1.06 bits per heavy atom. The number of carbonyl (C=O) groups excluding carboxylic acids is 1. The van der Waals surface area contributed by atoms with Gasteiger partial charge in [0.15, 0.2) is 6.10 Å². The Kier molecular flexibility index (Phi) is 7.60. The molecule has 31 heavy (non-hydrogen) atoms. The number of carbonyl (C=O) groups is 1. The lowest BCUT2D eigenvalue weighted by Crippen LogP contribution is -2.38. The quantitative estimate of drug-likeness (QED) is 0.702. The van der Waals surface area contributed by atoms with Gasteiger partial charge in [-0.15, -0.1) is 0 Å². The average Bonchev–Trinajstić information content (AvgIpc) is 2.82. The molecule has 0 radical (unpaired) electrons. The first-order valence-corrected chi connectivity index (χ1v) is 11.7. The fourth-order valence-corrected chi connectivity index (χ4v) is 4.45. The number of fused-ring (bicyclic) bond motifs is 1. The van der Waals surface area contributed by atoms with Crippen LogP contribution in [-0.2, 0) is 35.5 Å². The van der Waals surface area contributed by atoms with Crippen molar-refractivity contribution in [2.24, 2.45) is 0 Å². The van der Waals surface area contributed by atoms with Gasteiger partial charge in [0.25, 0.3) is 5.91 Å². The lowest BCUT2D eigenvalue weighted by Gasteiger charge is -2.27. The second-order valence-electron chi connectivity index (χ2n) is 8.53. The number of benzene rings is 2. The van der Waals surface area contributed by atoms with Crippen molar-refractivity contribution in [1.29, 1.82) is 0 Å². The summed E-state index contributed by atoms with van der Waals surface area (Å²) in [6.45, 7) is 6.88. The van der Waals surface area contributed by atoms with E-state index in [4.69, 9.17) is 9.47 Å². The minimum absolute atomic E-state index is 0.0543. The number of aryl methyl sites for hydroxylation is 2. The molecule has 1 saturated heterocycles. The van der Waals surface area contributed by atoms with Crippen molar-refractivity contribution in [2.45, 2.75) is 58.2 Å². The first-order valence-electron chi connectivity index (χ1n) is 11.7. The zero-order chi connectivity index (χ0) is 21.5. The van der Waals surface area contributed by atoms with Crippen LogP contribution in [0.3, 0.4) is 0 Å². The van der Waals surface area contributed by atoms with E-state index < -0.39 is 6.10 Å². The molecule has 0 bridgehead atoms. The third-order valence-electron chi connectivity index (χ3n) is 6.33. The van der Waals surface area contributed by atoms with Gasteiger partial charge in [-0.3, -0.25) is 9.69 Å². The first kappa shape index (κ1) is 21.8. The summed E-state index contributed by atoms with van der Waals surface area (Å²) in [5.74, 6) is 0.747. The molecular weight excluding hydrogens is 388 g/mol. The second-order valence-corrected chi connectivity index (χ2v) is 8.53. The van der Waals surface area contributed by atoms with Crippen LogP contribution in [0.2, 0.25) is 0 Å². The van der Waals surface area contributed by atoms with Crippen LogP contribution in [0.5, 0.6) is 5.75 Å². The van der Waals surface area contributed by atoms with Gasteiger partial charge in [0, 0.05) is 26.2 Å². The molecule has 0 saturated carbocycles. The van der Waals surface area contributed by atoms with Gasteiger partial charge in [0.1, 0.15) is 5.75 Å². The number of ether oxygens (including phenoxy) is 2. The molecule has 1 aliphatic heterocycles. The van der Waals surface area contributed by atoms with Crippen LogP contribution >= 0.6 is 0 Å². The molecule has 1 heterocycles. The van der Waals surface area contributed by atoms with Gasteiger partial charge in [0.2, 0.25) is 0 Å². The summed E-state index contributed by atoms with van der Waals surface area (Å²) in [6.07, 6.45) is 4.91. The van der Waals surface area contributed by atoms with E-state index in [1.807, 2.05) is 19.1 Å². The highest BCUT2D eigenvalue weighted by Crippen LogP contribution is 2.26. The monoisotopic (exact) mass is 422 g/mol. The Labute approximate surface area is 185 Å². The Morgan fingerprint density at radius 3 is 2.58 bits per heavy atom. The van der Waals surface area contributed by atoms with Crippen molar-refractivity contribution >= 4 is 5.91 Å². The lowest BCUT2D eigenvalue weighted by molar-refractivity contribution is -0.128. The van der Waals surface area contributed by atoms with E-state index in [0.717, 1.165) is 57.0 Å². The highest BCUT2D eigenvalue weighted by Gasteiger charge is 2.20. The number of nitrogens with zero attached hydrogens (tertiary/aromatic N) is 1. The maximum atomic E-state index is 12.9. The number of rotatable bonds is 8. The molecule has 1 amide bonds. The van der Waals surface area contributed by atoms with Crippen molar-refractivity contribution in [3.63, 3.8) is 0 Å². The van der Waals surface area contributed by atoms with E-state index in [9.17, 15) is 4.79 Å². The fourth-order valence-electron chi connectivity index (χ4n) is 4.45. The fraction of sp³-hybridized carbons (Fsp3) is 0.500. The Balaban J connectivity index is 1.35. The van der Waals surface area contributed by atoms with Gasteiger partial charge in [-0.2, -0.15) is 0 Å². The van der Waals surface area contributed by atoms with Crippen LogP contribution < -0.4 is 10.1 Å². The number of morpholine rings is 1. The van der Waals surface area contributed by atoms with Gasteiger partial charge in [-0.25, -0.2) is 0 Å². The molecular formula is C26H34N2O3. The molecule has 2 aromatic carbocycles. The van der Waals surface area contributed by atoms with Gasteiger partial charge in [-0.1, -0.05) is 37.3 Å². The van der Waals surface area contributed by atoms with Crippen molar-refractivity contribution in [3.05, 3.63) is 64.7 Å². The molecule has 5 nitrogen and oxygen atoms in total. The number of hydrogen-bond acceptors (Lipinski definition) is 4. The lowest BCUT2D eigenvalue weighted by atomic mass is 9.92. The minimum Gasteiger partial charge on any atom is -0.481 e. The minimum atomic E-state index is -0.479. The van der Waals surface area contributed by atoms with Crippen LogP contribution in [0.25, 0.3) is 0 Å².